The van der Waals surface area contributed by atoms with Crippen LogP contribution in [-0.4, -0.2) is 36.7 Å². The van der Waals surface area contributed by atoms with Crippen LogP contribution in [0.1, 0.15) is 38.2 Å². The summed E-state index contributed by atoms with van der Waals surface area (Å²) in [6.45, 7) is 5.20. The van der Waals surface area contributed by atoms with Crippen LogP contribution in [0.4, 0.5) is 4.79 Å². The second-order valence-corrected chi connectivity index (χ2v) is 5.56. The van der Waals surface area contributed by atoms with E-state index in [0.29, 0.717) is 13.2 Å². The number of nitrogens with zero attached hydrogens (tertiary/aromatic N) is 1. The summed E-state index contributed by atoms with van der Waals surface area (Å²) >= 11 is 0. The largest absolute Gasteiger partial charge is 0.449 e. The van der Waals surface area contributed by atoms with Crippen molar-refractivity contribution in [3.05, 3.63) is 35.9 Å². The molecule has 0 bridgehead atoms. The summed E-state index contributed by atoms with van der Waals surface area (Å²) in [5.74, 6) is 0. The second kappa shape index (κ2) is 8.67. The molecule has 0 radical (unpaired) electrons. The van der Waals surface area contributed by atoms with E-state index in [9.17, 15) is 4.79 Å². The molecule has 1 N–H and O–H groups in total. The van der Waals surface area contributed by atoms with Crippen LogP contribution in [0.5, 0.6) is 0 Å². The average molecular weight is 290 g/mol. The second-order valence-electron chi connectivity index (χ2n) is 5.56. The minimum Gasteiger partial charge on any atom is -0.449 e. The quantitative estimate of drug-likeness (QED) is 0.818. The molecule has 1 amide bonds. The van der Waals surface area contributed by atoms with E-state index in [-0.39, 0.29) is 12.1 Å². The van der Waals surface area contributed by atoms with Gasteiger partial charge in [0, 0.05) is 12.6 Å². The van der Waals surface area contributed by atoms with Crippen molar-refractivity contribution in [2.24, 2.45) is 0 Å². The van der Waals surface area contributed by atoms with Gasteiger partial charge in [-0.05, 0) is 37.9 Å². The Morgan fingerprint density at radius 2 is 2.00 bits per heavy atom. The predicted octanol–water partition coefficient (Wildman–Crippen LogP) is 3.18. The van der Waals surface area contributed by atoms with Crippen molar-refractivity contribution in [1.29, 1.82) is 0 Å². The number of unbranched alkanes of at least 4 members (excludes halogenated alkanes) is 1. The Bertz CT molecular complexity index is 416. The molecule has 4 nitrogen and oxygen atoms in total. The standard InChI is InChI=1S/C17H26N2O2/c1-2-3-13-21-17(20)19(16-9-11-18-12-10-16)14-15-7-5-4-6-8-15/h4-8,16,18H,2-3,9-14H2,1H3. The molecule has 116 valence electrons. The molecule has 0 saturated carbocycles. The van der Waals surface area contributed by atoms with Crippen LogP contribution in [0.3, 0.4) is 0 Å². The van der Waals surface area contributed by atoms with E-state index in [0.717, 1.165) is 44.3 Å². The molecule has 0 atom stereocenters. The summed E-state index contributed by atoms with van der Waals surface area (Å²) in [6, 6.07) is 10.4. The Labute approximate surface area is 127 Å². The van der Waals surface area contributed by atoms with Gasteiger partial charge in [-0.1, -0.05) is 43.7 Å². The minimum atomic E-state index is -0.167. The maximum Gasteiger partial charge on any atom is 0.410 e. The topological polar surface area (TPSA) is 41.6 Å². The highest BCUT2D eigenvalue weighted by Gasteiger charge is 2.26. The van der Waals surface area contributed by atoms with Crippen molar-refractivity contribution in [2.75, 3.05) is 19.7 Å². The molecule has 1 aromatic rings. The van der Waals surface area contributed by atoms with Crippen LogP contribution >= 0.6 is 0 Å². The lowest BCUT2D eigenvalue weighted by molar-refractivity contribution is 0.0742. The van der Waals surface area contributed by atoms with Crippen LogP contribution in [-0.2, 0) is 11.3 Å². The van der Waals surface area contributed by atoms with E-state index >= 15 is 0 Å². The van der Waals surface area contributed by atoms with Crippen LogP contribution in [0.2, 0.25) is 0 Å². The molecule has 0 spiro atoms. The summed E-state index contributed by atoms with van der Waals surface area (Å²) in [5.41, 5.74) is 1.16. The molecular weight excluding hydrogens is 264 g/mol. The Kier molecular flexibility index (Phi) is 6.54. The first-order chi connectivity index (χ1) is 10.3. The number of rotatable bonds is 6. The SMILES string of the molecule is CCCCOC(=O)N(Cc1ccccc1)C1CCNCC1. The molecule has 1 heterocycles. The van der Waals surface area contributed by atoms with E-state index < -0.39 is 0 Å². The van der Waals surface area contributed by atoms with Gasteiger partial charge in [-0.2, -0.15) is 0 Å². The van der Waals surface area contributed by atoms with Gasteiger partial charge in [-0.3, -0.25) is 0 Å². The zero-order valence-corrected chi connectivity index (χ0v) is 12.9. The Hall–Kier alpha value is -1.55. The van der Waals surface area contributed by atoms with Crippen LogP contribution < -0.4 is 5.32 Å². The fraction of sp³-hybridized carbons (Fsp3) is 0.588. The van der Waals surface area contributed by atoms with Crippen molar-refractivity contribution in [1.82, 2.24) is 10.2 Å². The summed E-state index contributed by atoms with van der Waals surface area (Å²) in [4.78, 5) is 14.3. The molecule has 2 rings (SSSR count). The van der Waals surface area contributed by atoms with Crippen molar-refractivity contribution >= 4 is 6.09 Å². The molecule has 1 saturated heterocycles. The summed E-state index contributed by atoms with van der Waals surface area (Å²) in [5, 5.41) is 3.35. The lowest BCUT2D eigenvalue weighted by Gasteiger charge is -2.34. The van der Waals surface area contributed by atoms with Crippen LogP contribution in [0, 0.1) is 0 Å². The average Bonchev–Trinajstić information content (AvgIpc) is 2.54. The molecule has 1 aliphatic heterocycles. The lowest BCUT2D eigenvalue weighted by atomic mass is 10.0. The van der Waals surface area contributed by atoms with Gasteiger partial charge in [0.25, 0.3) is 0 Å². The molecule has 0 unspecified atom stereocenters. The number of carbonyl (C=O) groups excluding carboxylic acids is 1. The van der Waals surface area contributed by atoms with Gasteiger partial charge in [-0.15, -0.1) is 0 Å². The van der Waals surface area contributed by atoms with Crippen molar-refractivity contribution in [3.63, 3.8) is 0 Å². The van der Waals surface area contributed by atoms with E-state index in [1.54, 1.807) is 0 Å². The fourth-order valence-electron chi connectivity index (χ4n) is 2.63. The number of amides is 1. The highest BCUT2D eigenvalue weighted by molar-refractivity contribution is 5.68. The van der Waals surface area contributed by atoms with Gasteiger partial charge >= 0.3 is 6.09 Å². The van der Waals surface area contributed by atoms with E-state index in [4.69, 9.17) is 4.74 Å². The monoisotopic (exact) mass is 290 g/mol. The van der Waals surface area contributed by atoms with Gasteiger partial charge < -0.3 is 15.0 Å². The van der Waals surface area contributed by atoms with E-state index in [1.807, 2.05) is 23.1 Å². The zero-order chi connectivity index (χ0) is 14.9. The molecular formula is C17H26N2O2. The smallest absolute Gasteiger partial charge is 0.410 e. The first-order valence-corrected chi connectivity index (χ1v) is 7.99. The third-order valence-corrected chi connectivity index (χ3v) is 3.90. The number of carbonyl (C=O) groups is 1. The third kappa shape index (κ3) is 5.05. The number of benzene rings is 1. The van der Waals surface area contributed by atoms with Gasteiger partial charge in [-0.25, -0.2) is 4.79 Å². The molecule has 4 heteroatoms. The molecule has 1 aromatic carbocycles. The number of ether oxygens (including phenoxy) is 1. The summed E-state index contributed by atoms with van der Waals surface area (Å²) in [6.07, 6.45) is 3.79. The zero-order valence-electron chi connectivity index (χ0n) is 12.9. The summed E-state index contributed by atoms with van der Waals surface area (Å²) in [7, 11) is 0. The number of hydrogen-bond donors (Lipinski definition) is 1. The van der Waals surface area contributed by atoms with Crippen LogP contribution in [0.25, 0.3) is 0 Å². The lowest BCUT2D eigenvalue weighted by Crippen LogP contribution is -2.46. The maximum absolute atomic E-state index is 12.4. The first kappa shape index (κ1) is 15.8. The minimum absolute atomic E-state index is 0.167. The van der Waals surface area contributed by atoms with Gasteiger partial charge in [0.2, 0.25) is 0 Å². The van der Waals surface area contributed by atoms with Crippen LogP contribution in [0.15, 0.2) is 30.3 Å². The predicted molar refractivity (Wildman–Crippen MR) is 84.1 cm³/mol. The number of nitrogens with one attached hydrogen (secondary N) is 1. The molecule has 1 aliphatic rings. The molecule has 0 aliphatic carbocycles. The highest BCUT2D eigenvalue weighted by atomic mass is 16.6. The van der Waals surface area contributed by atoms with Gasteiger partial charge in [0.15, 0.2) is 0 Å². The van der Waals surface area contributed by atoms with Crippen molar-refractivity contribution < 1.29 is 9.53 Å². The summed E-state index contributed by atoms with van der Waals surface area (Å²) < 4.78 is 5.44. The van der Waals surface area contributed by atoms with Gasteiger partial charge in [0.05, 0.1) is 6.61 Å². The van der Waals surface area contributed by atoms with E-state index in [1.165, 1.54) is 0 Å². The molecule has 0 aromatic heterocycles. The van der Waals surface area contributed by atoms with Crippen molar-refractivity contribution in [2.45, 2.75) is 45.2 Å². The molecule has 21 heavy (non-hydrogen) atoms. The van der Waals surface area contributed by atoms with E-state index in [2.05, 4.69) is 24.4 Å². The van der Waals surface area contributed by atoms with Crippen molar-refractivity contribution in [3.8, 4) is 0 Å². The third-order valence-electron chi connectivity index (χ3n) is 3.90. The Morgan fingerprint density at radius 3 is 2.67 bits per heavy atom. The number of piperidine rings is 1. The first-order valence-electron chi connectivity index (χ1n) is 7.99. The fourth-order valence-corrected chi connectivity index (χ4v) is 2.63. The van der Waals surface area contributed by atoms with Gasteiger partial charge in [0.1, 0.15) is 0 Å². The highest BCUT2D eigenvalue weighted by Crippen LogP contribution is 2.17. The Morgan fingerprint density at radius 1 is 1.29 bits per heavy atom. The Balaban J connectivity index is 2.00. The maximum atomic E-state index is 12.4. The number of hydrogen-bond acceptors (Lipinski definition) is 3. The normalized spacial score (nSPS) is 15.7. The molecule has 1 fully saturated rings.